The van der Waals surface area contributed by atoms with Crippen molar-refractivity contribution in [3.05, 3.63) is 46.6 Å². The molecule has 270 valence electrons. The van der Waals surface area contributed by atoms with Gasteiger partial charge in [0.1, 0.15) is 11.6 Å². The van der Waals surface area contributed by atoms with Gasteiger partial charge in [-0.25, -0.2) is 8.78 Å². The monoisotopic (exact) mass is 718 g/mol. The number of likely N-dealkylation sites (tertiary alicyclic amines) is 1. The van der Waals surface area contributed by atoms with Crippen LogP contribution >= 0.6 is 11.3 Å². The van der Waals surface area contributed by atoms with Gasteiger partial charge in [-0.3, -0.25) is 0 Å². The van der Waals surface area contributed by atoms with Gasteiger partial charge in [0.15, 0.2) is 0 Å². The molecule has 13 heteroatoms. The third-order valence-corrected chi connectivity index (χ3v) is 11.8. The van der Waals surface area contributed by atoms with Gasteiger partial charge in [0.05, 0.1) is 66.0 Å². The van der Waals surface area contributed by atoms with E-state index in [-0.39, 0.29) is 35.3 Å². The van der Waals surface area contributed by atoms with Crippen LogP contribution in [0.15, 0.2) is 30.3 Å². The van der Waals surface area contributed by atoms with Gasteiger partial charge >= 0.3 is 6.18 Å². The van der Waals surface area contributed by atoms with E-state index >= 15 is 4.39 Å². The first kappa shape index (κ1) is 35.1. The molecule has 2 N–H and O–H groups in total. The molecule has 1 spiro atoms. The van der Waals surface area contributed by atoms with E-state index in [9.17, 15) is 17.6 Å². The standard InChI is InChI=1S/C37H43F5N4O3S/c38-24-49-33-20-32(46-15-17-47-18-16-46)29(39)19-31(33)43-12-2-5-34-28(21-37(40,41)42)27-3-1-4-30(35(27)50-34)44-25-6-8-26(9-7-25)45-13-10-36(11-14-45)22-48-23-36/h1,3-4,19-20,25-26,43-44H,6-18,21-24H2. The largest absolute Gasteiger partial charge is 0.461 e. The van der Waals surface area contributed by atoms with Crippen LogP contribution in [0.25, 0.3) is 10.1 Å². The molecule has 1 aliphatic carbocycles. The molecule has 1 aromatic heterocycles. The summed E-state index contributed by atoms with van der Waals surface area (Å²) in [6.45, 7) is 4.85. The Balaban J connectivity index is 1.04. The average molecular weight is 719 g/mol. The molecule has 0 amide bonds. The van der Waals surface area contributed by atoms with Crippen molar-refractivity contribution < 1.29 is 36.2 Å². The average Bonchev–Trinajstić information content (AvgIpc) is 3.44. The second-order valence-electron chi connectivity index (χ2n) is 13.9. The number of thiophene rings is 1. The highest BCUT2D eigenvalue weighted by molar-refractivity contribution is 7.20. The highest BCUT2D eigenvalue weighted by Crippen LogP contribution is 2.42. The maximum absolute atomic E-state index is 15.1. The summed E-state index contributed by atoms with van der Waals surface area (Å²) in [6.07, 6.45) is 1.13. The smallest absolute Gasteiger partial charge is 0.393 e. The zero-order valence-electron chi connectivity index (χ0n) is 28.0. The fourth-order valence-electron chi connectivity index (χ4n) is 7.78. The van der Waals surface area contributed by atoms with Crippen LogP contribution in [0, 0.1) is 23.1 Å². The molecule has 3 aromatic rings. The van der Waals surface area contributed by atoms with E-state index in [1.165, 1.54) is 36.3 Å². The Hall–Kier alpha value is -3.31. The fourth-order valence-corrected chi connectivity index (χ4v) is 8.95. The van der Waals surface area contributed by atoms with Crippen LogP contribution < -0.4 is 20.3 Å². The maximum Gasteiger partial charge on any atom is 0.393 e. The molecule has 4 heterocycles. The van der Waals surface area contributed by atoms with Crippen molar-refractivity contribution in [2.24, 2.45) is 5.41 Å². The van der Waals surface area contributed by atoms with E-state index in [0.29, 0.717) is 48.0 Å². The number of anilines is 3. The quantitative estimate of drug-likeness (QED) is 0.175. The minimum atomic E-state index is -4.41. The summed E-state index contributed by atoms with van der Waals surface area (Å²) in [5.74, 6) is 5.46. The van der Waals surface area contributed by atoms with Gasteiger partial charge in [-0.15, -0.1) is 11.3 Å². The van der Waals surface area contributed by atoms with Crippen LogP contribution in [-0.4, -0.2) is 89.2 Å². The van der Waals surface area contributed by atoms with E-state index in [2.05, 4.69) is 27.4 Å². The zero-order chi connectivity index (χ0) is 34.7. The number of nitrogens with one attached hydrogen (secondary N) is 2. The Morgan fingerprint density at radius 2 is 1.74 bits per heavy atom. The normalized spacial score (nSPS) is 22.5. The summed E-state index contributed by atoms with van der Waals surface area (Å²) in [7, 11) is 0. The highest BCUT2D eigenvalue weighted by Gasteiger charge is 2.42. The van der Waals surface area contributed by atoms with E-state index in [4.69, 9.17) is 14.2 Å². The molecule has 7 nitrogen and oxygen atoms in total. The summed E-state index contributed by atoms with van der Waals surface area (Å²) < 4.78 is 86.5. The van der Waals surface area contributed by atoms with Gasteiger partial charge in [0.2, 0.25) is 6.86 Å². The number of ether oxygens (including phenoxy) is 3. The van der Waals surface area contributed by atoms with Crippen molar-refractivity contribution in [2.75, 3.05) is 81.5 Å². The van der Waals surface area contributed by atoms with Crippen LogP contribution in [0.5, 0.6) is 5.75 Å². The number of halogens is 5. The molecule has 4 fully saturated rings. The number of fused-ring (bicyclic) bond motifs is 1. The van der Waals surface area contributed by atoms with Gasteiger partial charge in [-0.2, -0.15) is 13.2 Å². The Kier molecular flexibility index (Phi) is 10.6. The van der Waals surface area contributed by atoms with Gasteiger partial charge in [0, 0.05) is 42.7 Å². The Bertz CT molecular complexity index is 1690. The predicted molar refractivity (Wildman–Crippen MR) is 187 cm³/mol. The van der Waals surface area contributed by atoms with Crippen LogP contribution in [0.3, 0.4) is 0 Å². The summed E-state index contributed by atoms with van der Waals surface area (Å²) in [6, 6.07) is 8.97. The van der Waals surface area contributed by atoms with Gasteiger partial charge in [-0.1, -0.05) is 24.0 Å². The van der Waals surface area contributed by atoms with E-state index in [1.807, 2.05) is 6.07 Å². The van der Waals surface area contributed by atoms with Crippen molar-refractivity contribution in [3.63, 3.8) is 0 Å². The lowest BCUT2D eigenvalue weighted by molar-refractivity contribution is -0.143. The Morgan fingerprint density at radius 1 is 0.980 bits per heavy atom. The third kappa shape index (κ3) is 7.93. The Labute approximate surface area is 293 Å². The lowest BCUT2D eigenvalue weighted by Gasteiger charge is -2.49. The number of alkyl halides is 4. The van der Waals surface area contributed by atoms with E-state index < -0.39 is 25.3 Å². The molecule has 0 bridgehead atoms. The van der Waals surface area contributed by atoms with Crippen molar-refractivity contribution in [2.45, 2.75) is 63.2 Å². The fraction of sp³-hybridized carbons (Fsp3) is 0.568. The topological polar surface area (TPSA) is 58.2 Å². The molecule has 1 saturated carbocycles. The number of piperidine rings is 1. The van der Waals surface area contributed by atoms with E-state index in [1.54, 1.807) is 17.0 Å². The zero-order valence-corrected chi connectivity index (χ0v) is 28.8. The minimum Gasteiger partial charge on any atom is -0.461 e. The number of hydrogen-bond donors (Lipinski definition) is 2. The number of nitrogens with zero attached hydrogens (tertiary/aromatic N) is 2. The van der Waals surface area contributed by atoms with Crippen LogP contribution in [0.1, 0.15) is 49.0 Å². The third-order valence-electron chi connectivity index (χ3n) is 10.6. The number of rotatable bonds is 9. The molecule has 4 aliphatic rings. The molecule has 2 aromatic carbocycles. The molecule has 50 heavy (non-hydrogen) atoms. The number of hydrogen-bond acceptors (Lipinski definition) is 8. The summed E-state index contributed by atoms with van der Waals surface area (Å²) >= 11 is 1.26. The first-order valence-electron chi connectivity index (χ1n) is 17.5. The second kappa shape index (κ2) is 15.1. The van der Waals surface area contributed by atoms with Crippen molar-refractivity contribution in [1.82, 2.24) is 4.90 Å². The first-order valence-corrected chi connectivity index (χ1v) is 18.3. The molecule has 0 radical (unpaired) electrons. The Morgan fingerprint density at radius 3 is 2.42 bits per heavy atom. The van der Waals surface area contributed by atoms with Crippen molar-refractivity contribution in [1.29, 1.82) is 0 Å². The van der Waals surface area contributed by atoms with Gasteiger partial charge in [-0.05, 0) is 68.6 Å². The SMILES string of the molecule is FCOc1cc(N2CCOCC2)c(F)cc1NCC#Cc1sc2c(NC3CCC(N4CCC5(CC4)COC5)CC3)cccc2c1CC(F)(F)F. The van der Waals surface area contributed by atoms with Crippen LogP contribution in [0.2, 0.25) is 0 Å². The predicted octanol–water partition coefficient (Wildman–Crippen LogP) is 7.59. The van der Waals surface area contributed by atoms with Crippen LogP contribution in [0.4, 0.5) is 39.0 Å². The lowest BCUT2D eigenvalue weighted by atomic mass is 9.76. The van der Waals surface area contributed by atoms with Gasteiger partial charge < -0.3 is 34.6 Å². The molecule has 0 atom stereocenters. The molecular formula is C37H43F5N4O3S. The summed E-state index contributed by atoms with van der Waals surface area (Å²) in [4.78, 5) is 4.79. The first-order chi connectivity index (χ1) is 24.2. The molecule has 7 rings (SSSR count). The van der Waals surface area contributed by atoms with Crippen molar-refractivity contribution >= 4 is 38.5 Å². The minimum absolute atomic E-state index is 0.0151. The highest BCUT2D eigenvalue weighted by atomic mass is 32.1. The van der Waals surface area contributed by atoms with E-state index in [0.717, 1.165) is 62.4 Å². The molecule has 3 saturated heterocycles. The van der Waals surface area contributed by atoms with Crippen LogP contribution in [-0.2, 0) is 15.9 Å². The number of morpholine rings is 1. The summed E-state index contributed by atoms with van der Waals surface area (Å²) in [5, 5.41) is 7.17. The molecule has 3 aliphatic heterocycles. The number of benzene rings is 2. The molecule has 0 unspecified atom stereocenters. The second-order valence-corrected chi connectivity index (χ2v) is 14.9. The summed E-state index contributed by atoms with van der Waals surface area (Å²) in [5.41, 5.74) is 1.89. The van der Waals surface area contributed by atoms with Gasteiger partial charge in [0.25, 0.3) is 0 Å². The molecular weight excluding hydrogens is 675 g/mol. The maximum atomic E-state index is 15.1. The van der Waals surface area contributed by atoms with Crippen molar-refractivity contribution in [3.8, 4) is 17.6 Å². The lowest BCUT2D eigenvalue weighted by Crippen LogP contribution is -2.53.